The predicted octanol–water partition coefficient (Wildman–Crippen LogP) is 3.44. The number of nitrogens with zero attached hydrogens (tertiary/aromatic N) is 2. The van der Waals surface area contributed by atoms with E-state index < -0.39 is 17.9 Å². The first kappa shape index (κ1) is 17.2. The zero-order valence-corrected chi connectivity index (χ0v) is 15.8. The molecule has 2 aromatic carbocycles. The minimum Gasteiger partial charge on any atom is -0.359 e. The number of imide groups is 1. The number of carbonyl (C=O) groups is 3. The van der Waals surface area contributed by atoms with Gasteiger partial charge in [-0.2, -0.15) is 0 Å². The van der Waals surface area contributed by atoms with Gasteiger partial charge in [0.25, 0.3) is 0 Å². The normalized spacial score (nSPS) is 27.6. The van der Waals surface area contributed by atoms with Crippen LogP contribution in [0, 0.1) is 11.8 Å². The van der Waals surface area contributed by atoms with Gasteiger partial charge >= 0.3 is 0 Å². The summed E-state index contributed by atoms with van der Waals surface area (Å²) in [5.41, 5.74) is 2.34. The Bertz CT molecular complexity index is 1060. The highest BCUT2D eigenvalue weighted by molar-refractivity contribution is 6.36. The van der Waals surface area contributed by atoms with Crippen LogP contribution >= 0.6 is 11.6 Å². The van der Waals surface area contributed by atoms with Crippen LogP contribution in [0.1, 0.15) is 24.1 Å². The monoisotopic (exact) mass is 392 g/mol. The molecule has 0 bridgehead atoms. The Balaban J connectivity index is 1.67. The highest BCUT2D eigenvalue weighted by atomic mass is 35.5. The number of fused-ring (bicyclic) bond motifs is 5. The van der Waals surface area contributed by atoms with Crippen LogP contribution < -0.4 is 4.90 Å². The van der Waals surface area contributed by atoms with E-state index in [9.17, 15) is 14.4 Å². The summed E-state index contributed by atoms with van der Waals surface area (Å²) in [5, 5.41) is 0.337. The number of halogens is 1. The van der Waals surface area contributed by atoms with E-state index in [-0.39, 0.29) is 23.6 Å². The summed E-state index contributed by atoms with van der Waals surface area (Å²) in [6.07, 6.45) is 3.78. The van der Waals surface area contributed by atoms with E-state index >= 15 is 0 Å². The van der Waals surface area contributed by atoms with E-state index in [4.69, 9.17) is 11.6 Å². The fourth-order valence-electron chi connectivity index (χ4n) is 4.89. The van der Waals surface area contributed by atoms with E-state index in [1.54, 1.807) is 24.3 Å². The molecule has 4 atom stereocenters. The number of hydrogen-bond acceptors (Lipinski definition) is 4. The number of ketones is 1. The second kappa shape index (κ2) is 6.04. The maximum Gasteiger partial charge on any atom is 0.240 e. The summed E-state index contributed by atoms with van der Waals surface area (Å²) in [6.45, 7) is 1.48. The molecule has 2 saturated heterocycles. The van der Waals surface area contributed by atoms with Crippen molar-refractivity contribution < 1.29 is 14.4 Å². The fraction of sp³-hybridized carbons (Fsp3) is 0.227. The van der Waals surface area contributed by atoms with Crippen molar-refractivity contribution in [2.75, 3.05) is 4.90 Å². The van der Waals surface area contributed by atoms with Crippen molar-refractivity contribution in [2.45, 2.75) is 19.0 Å². The molecule has 0 spiro atoms. The topological polar surface area (TPSA) is 57.7 Å². The van der Waals surface area contributed by atoms with Gasteiger partial charge < -0.3 is 4.90 Å². The first-order valence-corrected chi connectivity index (χ1v) is 9.56. The average molecular weight is 393 g/mol. The lowest BCUT2D eigenvalue weighted by molar-refractivity contribution is -0.129. The number of anilines is 1. The van der Waals surface area contributed by atoms with Crippen molar-refractivity contribution in [2.24, 2.45) is 11.8 Å². The molecule has 0 aromatic heterocycles. The van der Waals surface area contributed by atoms with Crippen LogP contribution in [-0.2, 0) is 14.4 Å². The molecule has 3 aliphatic heterocycles. The lowest BCUT2D eigenvalue weighted by Gasteiger charge is -2.35. The van der Waals surface area contributed by atoms with Crippen LogP contribution in [0.15, 0.2) is 54.7 Å². The molecule has 2 amide bonds. The number of benzene rings is 2. The van der Waals surface area contributed by atoms with Crippen LogP contribution in [0.4, 0.5) is 5.69 Å². The molecule has 5 rings (SSSR count). The highest BCUT2D eigenvalue weighted by Crippen LogP contribution is 2.53. The number of hydrogen-bond donors (Lipinski definition) is 0. The SMILES string of the molecule is CC(=O)[C@@H]1[C@@H]2C(=O)N(c3ccccc3Cl)C(=O)[C@H]2[C@H]2c3ccccc3C=CN12. The molecule has 3 aliphatic rings. The Hall–Kier alpha value is -2.92. The van der Waals surface area contributed by atoms with Crippen LogP contribution in [-0.4, -0.2) is 28.5 Å². The molecule has 140 valence electrons. The second-order valence-corrected chi connectivity index (χ2v) is 7.81. The maximum absolute atomic E-state index is 13.5. The first-order chi connectivity index (χ1) is 13.5. The lowest BCUT2D eigenvalue weighted by Crippen LogP contribution is -2.43. The molecule has 6 heteroatoms. The Morgan fingerprint density at radius 1 is 0.964 bits per heavy atom. The van der Waals surface area contributed by atoms with Gasteiger partial charge in [-0.05, 0) is 36.3 Å². The van der Waals surface area contributed by atoms with E-state index in [0.717, 1.165) is 11.1 Å². The maximum atomic E-state index is 13.5. The van der Waals surface area contributed by atoms with Gasteiger partial charge in [-0.25, -0.2) is 4.90 Å². The molecule has 28 heavy (non-hydrogen) atoms. The van der Waals surface area contributed by atoms with Gasteiger partial charge in [0, 0.05) is 6.20 Å². The third-order valence-corrected chi connectivity index (χ3v) is 6.29. The standard InChI is InChI=1S/C22H17ClN2O3/c1-12(26)19-17-18(20-14-7-3-2-6-13(14)10-11-24(19)20)22(28)25(21(17)27)16-9-5-4-8-15(16)23/h2-11,17-20H,1H3/t17-,18-,19-,20-/m1/s1. The largest absolute Gasteiger partial charge is 0.359 e. The third kappa shape index (κ3) is 2.17. The van der Waals surface area contributed by atoms with Crippen molar-refractivity contribution in [1.29, 1.82) is 0 Å². The first-order valence-electron chi connectivity index (χ1n) is 9.18. The van der Waals surface area contributed by atoms with E-state index in [2.05, 4.69) is 0 Å². The van der Waals surface area contributed by atoms with Crippen molar-refractivity contribution in [3.05, 3.63) is 70.9 Å². The van der Waals surface area contributed by atoms with E-state index in [1.807, 2.05) is 41.4 Å². The van der Waals surface area contributed by atoms with Gasteiger partial charge in [0.05, 0.1) is 34.6 Å². The van der Waals surface area contributed by atoms with Crippen molar-refractivity contribution in [3.8, 4) is 0 Å². The van der Waals surface area contributed by atoms with Crippen molar-refractivity contribution >= 4 is 41.0 Å². The van der Waals surface area contributed by atoms with Crippen LogP contribution in [0.2, 0.25) is 5.02 Å². The minimum absolute atomic E-state index is 0.122. The molecule has 3 heterocycles. The Morgan fingerprint density at radius 2 is 1.64 bits per heavy atom. The van der Waals surface area contributed by atoms with Crippen LogP contribution in [0.25, 0.3) is 6.08 Å². The van der Waals surface area contributed by atoms with Crippen LogP contribution in [0.5, 0.6) is 0 Å². The van der Waals surface area contributed by atoms with Gasteiger partial charge in [0.15, 0.2) is 5.78 Å². The summed E-state index contributed by atoms with van der Waals surface area (Å²) in [4.78, 5) is 42.4. The Labute approximate surface area is 167 Å². The van der Waals surface area contributed by atoms with Crippen molar-refractivity contribution in [3.63, 3.8) is 0 Å². The van der Waals surface area contributed by atoms with Gasteiger partial charge in [-0.3, -0.25) is 14.4 Å². The molecular weight excluding hydrogens is 376 g/mol. The van der Waals surface area contributed by atoms with Crippen molar-refractivity contribution in [1.82, 2.24) is 4.90 Å². The number of para-hydroxylation sites is 1. The third-order valence-electron chi connectivity index (χ3n) is 5.97. The number of carbonyl (C=O) groups excluding carboxylic acids is 3. The van der Waals surface area contributed by atoms with Gasteiger partial charge in [0.1, 0.15) is 0 Å². The average Bonchev–Trinajstić information content (AvgIpc) is 3.16. The molecule has 0 N–H and O–H groups in total. The summed E-state index contributed by atoms with van der Waals surface area (Å²) >= 11 is 6.27. The fourth-order valence-corrected chi connectivity index (χ4v) is 5.11. The molecule has 0 unspecified atom stereocenters. The number of rotatable bonds is 2. The Morgan fingerprint density at radius 3 is 2.39 bits per heavy atom. The summed E-state index contributed by atoms with van der Waals surface area (Å²) < 4.78 is 0. The summed E-state index contributed by atoms with van der Waals surface area (Å²) in [5.74, 6) is -2.12. The zero-order valence-electron chi connectivity index (χ0n) is 15.1. The lowest BCUT2D eigenvalue weighted by atomic mass is 9.84. The smallest absolute Gasteiger partial charge is 0.240 e. The van der Waals surface area contributed by atoms with Gasteiger partial charge in [-0.1, -0.05) is 48.0 Å². The van der Waals surface area contributed by atoms with E-state index in [0.29, 0.717) is 10.7 Å². The molecule has 0 radical (unpaired) electrons. The molecule has 0 aliphatic carbocycles. The number of Topliss-reactive ketones (excluding diaryl/α,β-unsaturated/α-hetero) is 1. The zero-order chi connectivity index (χ0) is 19.6. The summed E-state index contributed by atoms with van der Waals surface area (Å²) in [7, 11) is 0. The van der Waals surface area contributed by atoms with Crippen LogP contribution in [0.3, 0.4) is 0 Å². The minimum atomic E-state index is -0.720. The molecule has 2 fully saturated rings. The molecular formula is C22H17ClN2O3. The van der Waals surface area contributed by atoms with Gasteiger partial charge in [-0.15, -0.1) is 0 Å². The molecule has 5 nitrogen and oxygen atoms in total. The highest BCUT2D eigenvalue weighted by Gasteiger charge is 2.64. The predicted molar refractivity (Wildman–Crippen MR) is 105 cm³/mol. The summed E-state index contributed by atoms with van der Waals surface area (Å²) in [6, 6.07) is 13.6. The Kier molecular flexibility index (Phi) is 3.71. The molecule has 0 saturated carbocycles. The quantitative estimate of drug-likeness (QED) is 0.734. The van der Waals surface area contributed by atoms with Gasteiger partial charge in [0.2, 0.25) is 11.8 Å². The van der Waals surface area contributed by atoms with E-state index in [1.165, 1.54) is 11.8 Å². The number of amides is 2. The molecule has 2 aromatic rings. The second-order valence-electron chi connectivity index (χ2n) is 7.41.